The van der Waals surface area contributed by atoms with E-state index in [9.17, 15) is 0 Å². The summed E-state index contributed by atoms with van der Waals surface area (Å²) in [7, 11) is 0. The molecule has 5 heteroatoms. The standard InChI is InChI=1S/C9H9ClN4/c1-2-14-8(3-4-13-14)9-7(10)5-11-6-12-9/h3-6H,2H2,1H3. The van der Waals surface area contributed by atoms with E-state index in [2.05, 4.69) is 15.1 Å². The van der Waals surface area contributed by atoms with Crippen LogP contribution in [0.3, 0.4) is 0 Å². The van der Waals surface area contributed by atoms with Crippen LogP contribution in [-0.2, 0) is 6.54 Å². The predicted octanol–water partition coefficient (Wildman–Crippen LogP) is 2.01. The summed E-state index contributed by atoms with van der Waals surface area (Å²) in [5.41, 5.74) is 1.64. The second kappa shape index (κ2) is 3.75. The summed E-state index contributed by atoms with van der Waals surface area (Å²) >= 11 is 5.98. The molecule has 0 amide bonds. The van der Waals surface area contributed by atoms with Crippen LogP contribution in [0.15, 0.2) is 24.8 Å². The van der Waals surface area contributed by atoms with Gasteiger partial charge in [0.05, 0.1) is 10.7 Å². The minimum atomic E-state index is 0.544. The number of aromatic nitrogens is 4. The third kappa shape index (κ3) is 1.48. The maximum absolute atomic E-state index is 5.98. The molecule has 14 heavy (non-hydrogen) atoms. The van der Waals surface area contributed by atoms with Crippen LogP contribution in [0, 0.1) is 0 Å². The van der Waals surface area contributed by atoms with Gasteiger partial charge in [-0.05, 0) is 13.0 Å². The van der Waals surface area contributed by atoms with E-state index < -0.39 is 0 Å². The highest BCUT2D eigenvalue weighted by atomic mass is 35.5. The van der Waals surface area contributed by atoms with E-state index in [0.29, 0.717) is 5.02 Å². The summed E-state index contributed by atoms with van der Waals surface area (Å²) in [4.78, 5) is 7.96. The van der Waals surface area contributed by atoms with Crippen molar-refractivity contribution in [3.05, 3.63) is 29.8 Å². The summed E-state index contributed by atoms with van der Waals surface area (Å²) in [6.45, 7) is 2.81. The first-order valence-corrected chi connectivity index (χ1v) is 4.68. The predicted molar refractivity (Wildman–Crippen MR) is 53.9 cm³/mol. The minimum absolute atomic E-state index is 0.544. The highest BCUT2D eigenvalue weighted by Crippen LogP contribution is 2.23. The lowest BCUT2D eigenvalue weighted by molar-refractivity contribution is 0.665. The van der Waals surface area contributed by atoms with E-state index in [4.69, 9.17) is 11.6 Å². The average molecular weight is 209 g/mol. The molecule has 0 atom stereocenters. The van der Waals surface area contributed by atoms with Gasteiger partial charge >= 0.3 is 0 Å². The summed E-state index contributed by atoms with van der Waals surface area (Å²) in [5, 5.41) is 4.69. The Morgan fingerprint density at radius 1 is 1.50 bits per heavy atom. The van der Waals surface area contributed by atoms with Crippen LogP contribution in [0.2, 0.25) is 5.02 Å². The third-order valence-electron chi connectivity index (χ3n) is 1.93. The molecule has 2 aromatic heterocycles. The van der Waals surface area contributed by atoms with Crippen LogP contribution in [0.5, 0.6) is 0 Å². The van der Waals surface area contributed by atoms with Crippen molar-refractivity contribution in [1.82, 2.24) is 19.7 Å². The molecule has 0 aromatic carbocycles. The first-order valence-electron chi connectivity index (χ1n) is 4.30. The Morgan fingerprint density at radius 3 is 3.07 bits per heavy atom. The lowest BCUT2D eigenvalue weighted by Gasteiger charge is -2.04. The van der Waals surface area contributed by atoms with Gasteiger partial charge in [-0.3, -0.25) is 4.68 Å². The zero-order chi connectivity index (χ0) is 9.97. The van der Waals surface area contributed by atoms with Crippen LogP contribution in [0.25, 0.3) is 11.4 Å². The molecule has 2 heterocycles. The fourth-order valence-corrected chi connectivity index (χ4v) is 1.49. The van der Waals surface area contributed by atoms with E-state index >= 15 is 0 Å². The van der Waals surface area contributed by atoms with Crippen LogP contribution in [0.4, 0.5) is 0 Å². The highest BCUT2D eigenvalue weighted by Gasteiger charge is 2.08. The molecule has 0 bridgehead atoms. The zero-order valence-electron chi connectivity index (χ0n) is 7.68. The third-order valence-corrected chi connectivity index (χ3v) is 2.20. The molecule has 2 rings (SSSR count). The van der Waals surface area contributed by atoms with Gasteiger partial charge in [0.15, 0.2) is 0 Å². The van der Waals surface area contributed by atoms with Crippen LogP contribution >= 0.6 is 11.6 Å². The van der Waals surface area contributed by atoms with Gasteiger partial charge in [-0.2, -0.15) is 5.10 Å². The van der Waals surface area contributed by atoms with E-state index in [0.717, 1.165) is 17.9 Å². The number of hydrogen-bond donors (Lipinski definition) is 0. The molecule has 4 nitrogen and oxygen atoms in total. The van der Waals surface area contributed by atoms with Gasteiger partial charge < -0.3 is 0 Å². The Morgan fingerprint density at radius 2 is 2.36 bits per heavy atom. The van der Waals surface area contributed by atoms with Gasteiger partial charge in [-0.25, -0.2) is 9.97 Å². The largest absolute Gasteiger partial charge is 0.264 e. The first kappa shape index (κ1) is 9.15. The number of halogens is 1. The molecule has 72 valence electrons. The monoisotopic (exact) mass is 208 g/mol. The normalized spacial score (nSPS) is 10.4. The van der Waals surface area contributed by atoms with Crippen molar-refractivity contribution in [3.63, 3.8) is 0 Å². The maximum atomic E-state index is 5.98. The topological polar surface area (TPSA) is 43.6 Å². The zero-order valence-corrected chi connectivity index (χ0v) is 8.44. The fraction of sp³-hybridized carbons (Fsp3) is 0.222. The Bertz CT molecular complexity index is 438. The highest BCUT2D eigenvalue weighted by molar-refractivity contribution is 6.32. The molecular weight excluding hydrogens is 200 g/mol. The van der Waals surface area contributed by atoms with Gasteiger partial charge in [0.1, 0.15) is 12.0 Å². The number of hydrogen-bond acceptors (Lipinski definition) is 3. The molecule has 0 fully saturated rings. The van der Waals surface area contributed by atoms with Crippen molar-refractivity contribution in [1.29, 1.82) is 0 Å². The van der Waals surface area contributed by atoms with Gasteiger partial charge in [-0.15, -0.1) is 0 Å². The first-order chi connectivity index (χ1) is 6.83. The lowest BCUT2D eigenvalue weighted by Crippen LogP contribution is -2.00. The van der Waals surface area contributed by atoms with E-state index in [1.807, 2.05) is 17.7 Å². The number of rotatable bonds is 2. The van der Waals surface area contributed by atoms with E-state index in [-0.39, 0.29) is 0 Å². The maximum Gasteiger partial charge on any atom is 0.116 e. The quantitative estimate of drug-likeness (QED) is 0.759. The molecule has 0 N–H and O–H groups in total. The van der Waals surface area contributed by atoms with Gasteiger partial charge in [0.2, 0.25) is 0 Å². The van der Waals surface area contributed by atoms with Crippen LogP contribution in [0.1, 0.15) is 6.92 Å². The molecule has 0 aliphatic rings. The van der Waals surface area contributed by atoms with Gasteiger partial charge in [0, 0.05) is 18.9 Å². The van der Waals surface area contributed by atoms with Crippen molar-refractivity contribution in [3.8, 4) is 11.4 Å². The Kier molecular flexibility index (Phi) is 2.45. The molecule has 2 aromatic rings. The number of aryl methyl sites for hydroxylation is 1. The average Bonchev–Trinajstić information content (AvgIpc) is 2.66. The van der Waals surface area contributed by atoms with Crippen molar-refractivity contribution in [2.45, 2.75) is 13.5 Å². The summed E-state index contributed by atoms with van der Waals surface area (Å²) in [6, 6.07) is 1.89. The molecule has 0 radical (unpaired) electrons. The molecule has 0 aliphatic heterocycles. The second-order valence-electron chi connectivity index (χ2n) is 2.75. The Hall–Kier alpha value is -1.42. The Labute approximate surface area is 86.6 Å². The van der Waals surface area contributed by atoms with E-state index in [1.165, 1.54) is 6.33 Å². The van der Waals surface area contributed by atoms with Crippen molar-refractivity contribution >= 4 is 11.6 Å². The molecule has 0 unspecified atom stereocenters. The van der Waals surface area contributed by atoms with Gasteiger partial charge in [0.25, 0.3) is 0 Å². The second-order valence-corrected chi connectivity index (χ2v) is 3.16. The van der Waals surface area contributed by atoms with Crippen molar-refractivity contribution in [2.24, 2.45) is 0 Å². The molecule has 0 spiro atoms. The van der Waals surface area contributed by atoms with Crippen molar-refractivity contribution < 1.29 is 0 Å². The number of nitrogens with zero attached hydrogens (tertiary/aromatic N) is 4. The summed E-state index contributed by atoms with van der Waals surface area (Å²) in [6.07, 6.45) is 4.79. The molecule has 0 aliphatic carbocycles. The Balaban J connectivity index is 2.54. The SMILES string of the molecule is CCn1nccc1-c1ncncc1Cl. The molecular formula is C9H9ClN4. The van der Waals surface area contributed by atoms with Crippen molar-refractivity contribution in [2.75, 3.05) is 0 Å². The van der Waals surface area contributed by atoms with Gasteiger partial charge in [-0.1, -0.05) is 11.6 Å². The summed E-state index contributed by atoms with van der Waals surface area (Å²) in [5.74, 6) is 0. The van der Waals surface area contributed by atoms with E-state index in [1.54, 1.807) is 12.4 Å². The summed E-state index contributed by atoms with van der Waals surface area (Å²) < 4.78 is 1.84. The lowest BCUT2D eigenvalue weighted by atomic mass is 10.3. The minimum Gasteiger partial charge on any atom is -0.264 e. The van der Waals surface area contributed by atoms with Crippen LogP contribution < -0.4 is 0 Å². The smallest absolute Gasteiger partial charge is 0.116 e. The molecule has 0 saturated carbocycles. The molecule has 0 saturated heterocycles. The van der Waals surface area contributed by atoms with Crippen LogP contribution in [-0.4, -0.2) is 19.7 Å². The fourth-order valence-electron chi connectivity index (χ4n) is 1.29.